The van der Waals surface area contributed by atoms with Crippen molar-refractivity contribution in [3.63, 3.8) is 0 Å². The predicted molar refractivity (Wildman–Crippen MR) is 136 cm³/mol. The molecule has 0 bridgehead atoms. The zero-order valence-corrected chi connectivity index (χ0v) is 20.6. The Labute approximate surface area is 209 Å². The van der Waals surface area contributed by atoms with E-state index < -0.39 is 0 Å². The van der Waals surface area contributed by atoms with Gasteiger partial charge in [-0.25, -0.2) is 19.2 Å². The van der Waals surface area contributed by atoms with E-state index in [0.717, 1.165) is 48.0 Å². The van der Waals surface area contributed by atoms with Crippen molar-refractivity contribution in [2.75, 3.05) is 25.1 Å². The summed E-state index contributed by atoms with van der Waals surface area (Å²) in [5.74, 6) is 0.624. The molecule has 2 aromatic carbocycles. The van der Waals surface area contributed by atoms with E-state index in [1.54, 1.807) is 18.2 Å². The zero-order chi connectivity index (χ0) is 24.5. The molecule has 0 saturated carbocycles. The summed E-state index contributed by atoms with van der Waals surface area (Å²) in [5, 5.41) is 0.748. The number of piperidine rings is 1. The molecular weight excluding hydrogens is 465 g/mol. The molecule has 1 saturated heterocycles. The van der Waals surface area contributed by atoms with Gasteiger partial charge in [0.05, 0.1) is 18.5 Å². The van der Waals surface area contributed by atoms with Crippen LogP contribution in [-0.4, -0.2) is 36.1 Å². The molecule has 1 aromatic heterocycles. The van der Waals surface area contributed by atoms with Crippen LogP contribution in [0.25, 0.3) is 17.3 Å². The molecule has 1 atom stereocenters. The number of ether oxygens (including phenoxy) is 1. The summed E-state index contributed by atoms with van der Waals surface area (Å²) in [6, 6.07) is 14.4. The fraction of sp³-hybridized carbons (Fsp3) is 0.321. The molecule has 35 heavy (non-hydrogen) atoms. The number of aromatic nitrogens is 2. The number of hydrogen-bond donors (Lipinski definition) is 0. The third kappa shape index (κ3) is 4.80. The third-order valence-electron chi connectivity index (χ3n) is 6.98. The molecule has 2 heterocycles. The van der Waals surface area contributed by atoms with E-state index in [0.29, 0.717) is 29.3 Å². The average Bonchev–Trinajstić information content (AvgIpc) is 2.88. The number of anilines is 1. The Morgan fingerprint density at radius 1 is 1.06 bits per heavy atom. The van der Waals surface area contributed by atoms with Crippen molar-refractivity contribution in [1.29, 1.82) is 0 Å². The summed E-state index contributed by atoms with van der Waals surface area (Å²) in [6.07, 6.45) is 4.38. The lowest BCUT2D eigenvalue weighted by molar-refractivity contribution is -0.136. The van der Waals surface area contributed by atoms with Crippen LogP contribution in [0.3, 0.4) is 0 Å². The van der Waals surface area contributed by atoms with E-state index in [9.17, 15) is 9.18 Å². The molecule has 1 aliphatic heterocycles. The van der Waals surface area contributed by atoms with Crippen molar-refractivity contribution in [1.82, 2.24) is 9.97 Å². The molecule has 180 valence electrons. The van der Waals surface area contributed by atoms with E-state index in [2.05, 4.69) is 17.0 Å². The van der Waals surface area contributed by atoms with Gasteiger partial charge in [0.15, 0.2) is 5.82 Å². The van der Waals surface area contributed by atoms with Crippen LogP contribution in [-0.2, 0) is 16.0 Å². The highest BCUT2D eigenvalue weighted by Crippen LogP contribution is 2.37. The van der Waals surface area contributed by atoms with Crippen LogP contribution in [0.4, 0.5) is 10.2 Å². The van der Waals surface area contributed by atoms with Gasteiger partial charge in [-0.15, -0.1) is 0 Å². The quantitative estimate of drug-likeness (QED) is 0.415. The minimum Gasteiger partial charge on any atom is -0.466 e. The molecule has 1 aliphatic carbocycles. The second-order valence-corrected chi connectivity index (χ2v) is 9.68. The average molecular weight is 492 g/mol. The van der Waals surface area contributed by atoms with E-state index in [4.69, 9.17) is 26.3 Å². The SMILES string of the molecule is COC(=O)C1=Cc2nc(-c3ccc(F)cc3)c(N3CCC(c4ccc(Cl)cc4)CC3)nc2CC1C. The molecule has 5 rings (SSSR count). The maximum absolute atomic E-state index is 13.7. The lowest BCUT2D eigenvalue weighted by atomic mass is 9.88. The van der Waals surface area contributed by atoms with Gasteiger partial charge < -0.3 is 9.64 Å². The zero-order valence-electron chi connectivity index (χ0n) is 19.8. The fourth-order valence-electron chi connectivity index (χ4n) is 4.99. The Bertz CT molecular complexity index is 1270. The van der Waals surface area contributed by atoms with Gasteiger partial charge in [-0.1, -0.05) is 30.7 Å². The molecule has 0 amide bonds. The highest BCUT2D eigenvalue weighted by Gasteiger charge is 2.29. The summed E-state index contributed by atoms with van der Waals surface area (Å²) < 4.78 is 18.6. The highest BCUT2D eigenvalue weighted by atomic mass is 35.5. The molecule has 5 nitrogen and oxygen atoms in total. The maximum Gasteiger partial charge on any atom is 0.334 e. The van der Waals surface area contributed by atoms with Gasteiger partial charge in [0.2, 0.25) is 0 Å². The second-order valence-electron chi connectivity index (χ2n) is 9.24. The maximum atomic E-state index is 13.7. The largest absolute Gasteiger partial charge is 0.466 e. The molecule has 0 spiro atoms. The number of carbonyl (C=O) groups is 1. The Morgan fingerprint density at radius 2 is 1.74 bits per heavy atom. The van der Waals surface area contributed by atoms with Gasteiger partial charge in [-0.3, -0.25) is 0 Å². The van der Waals surface area contributed by atoms with Crippen LogP contribution in [0.2, 0.25) is 5.02 Å². The summed E-state index contributed by atoms with van der Waals surface area (Å²) >= 11 is 6.07. The van der Waals surface area contributed by atoms with Gasteiger partial charge in [0, 0.05) is 29.2 Å². The van der Waals surface area contributed by atoms with Crippen LogP contribution in [0.15, 0.2) is 54.1 Å². The summed E-state index contributed by atoms with van der Waals surface area (Å²) in [7, 11) is 1.39. The van der Waals surface area contributed by atoms with Crippen LogP contribution >= 0.6 is 11.6 Å². The van der Waals surface area contributed by atoms with Crippen molar-refractivity contribution >= 4 is 29.5 Å². The molecule has 2 aliphatic rings. The van der Waals surface area contributed by atoms with Crippen molar-refractivity contribution in [3.8, 4) is 11.3 Å². The topological polar surface area (TPSA) is 55.3 Å². The van der Waals surface area contributed by atoms with E-state index in [-0.39, 0.29) is 17.7 Å². The number of hydrogen-bond acceptors (Lipinski definition) is 5. The van der Waals surface area contributed by atoms with Crippen molar-refractivity contribution in [2.45, 2.75) is 32.1 Å². The Morgan fingerprint density at radius 3 is 2.40 bits per heavy atom. The van der Waals surface area contributed by atoms with Crippen molar-refractivity contribution < 1.29 is 13.9 Å². The molecule has 1 unspecified atom stereocenters. The van der Waals surface area contributed by atoms with E-state index >= 15 is 0 Å². The van der Waals surface area contributed by atoms with Crippen LogP contribution in [0.5, 0.6) is 0 Å². The number of fused-ring (bicyclic) bond motifs is 1. The molecule has 3 aromatic rings. The van der Waals surface area contributed by atoms with Gasteiger partial charge in [-0.05, 0) is 79.1 Å². The number of carbonyl (C=O) groups excluding carboxylic acids is 1. The number of halogens is 2. The fourth-order valence-corrected chi connectivity index (χ4v) is 5.11. The van der Waals surface area contributed by atoms with Gasteiger partial charge in [0.25, 0.3) is 0 Å². The van der Waals surface area contributed by atoms with Crippen LogP contribution in [0, 0.1) is 11.7 Å². The van der Waals surface area contributed by atoms with Crippen LogP contribution in [0.1, 0.15) is 42.6 Å². The molecule has 7 heteroatoms. The predicted octanol–water partition coefficient (Wildman–Crippen LogP) is 6.07. The smallest absolute Gasteiger partial charge is 0.334 e. The molecule has 0 radical (unpaired) electrons. The molecule has 0 N–H and O–H groups in total. The summed E-state index contributed by atoms with van der Waals surface area (Å²) in [5.41, 5.74) is 4.93. The molecule has 1 fully saturated rings. The normalized spacial score (nSPS) is 18.1. The summed E-state index contributed by atoms with van der Waals surface area (Å²) in [4.78, 5) is 24.6. The first-order valence-electron chi connectivity index (χ1n) is 11.9. The Kier molecular flexibility index (Phi) is 6.56. The van der Waals surface area contributed by atoms with E-state index in [1.807, 2.05) is 19.1 Å². The van der Waals surface area contributed by atoms with Gasteiger partial charge in [-0.2, -0.15) is 0 Å². The lowest BCUT2D eigenvalue weighted by Gasteiger charge is -2.34. The van der Waals surface area contributed by atoms with E-state index in [1.165, 1.54) is 24.8 Å². The first-order valence-corrected chi connectivity index (χ1v) is 12.3. The number of methoxy groups -OCH3 is 1. The monoisotopic (exact) mass is 491 g/mol. The third-order valence-corrected chi connectivity index (χ3v) is 7.23. The standard InChI is InChI=1S/C28H27ClFN3O2/c1-17-15-24-25(16-23(17)28(34)35-2)31-26(20-5-9-22(30)10-6-20)27(32-24)33-13-11-19(12-14-33)18-3-7-21(29)8-4-18/h3-10,16-17,19H,11-15H2,1-2H3. The van der Waals surface area contributed by atoms with Crippen molar-refractivity contribution in [3.05, 3.63) is 81.9 Å². The second kappa shape index (κ2) is 9.78. The first-order chi connectivity index (χ1) is 16.9. The minimum atomic E-state index is -0.346. The first kappa shape index (κ1) is 23.5. The summed E-state index contributed by atoms with van der Waals surface area (Å²) in [6.45, 7) is 3.68. The number of benzene rings is 2. The molecular formula is C28H27ClFN3O2. The Hall–Kier alpha value is -3.25. The number of esters is 1. The number of rotatable bonds is 4. The Balaban J connectivity index is 1.50. The lowest BCUT2D eigenvalue weighted by Crippen LogP contribution is -2.34. The highest BCUT2D eigenvalue weighted by molar-refractivity contribution is 6.30. The van der Waals surface area contributed by atoms with Gasteiger partial charge >= 0.3 is 5.97 Å². The van der Waals surface area contributed by atoms with Crippen molar-refractivity contribution in [2.24, 2.45) is 5.92 Å². The minimum absolute atomic E-state index is 0.00980. The number of nitrogens with zero attached hydrogens (tertiary/aromatic N) is 3. The van der Waals surface area contributed by atoms with Crippen LogP contribution < -0.4 is 4.90 Å². The van der Waals surface area contributed by atoms with Gasteiger partial charge in [0.1, 0.15) is 11.5 Å².